The zero-order valence-electron chi connectivity index (χ0n) is 27.5. The van der Waals surface area contributed by atoms with Crippen LogP contribution in [0.25, 0.3) is 61.5 Å². The maximum absolute atomic E-state index is 15.1. The Morgan fingerprint density at radius 2 is 1.10 bits per heavy atom. The van der Waals surface area contributed by atoms with Gasteiger partial charge in [-0.25, -0.2) is 9.97 Å². The third-order valence-electron chi connectivity index (χ3n) is 9.34. The number of hydrogen-bond acceptors (Lipinski definition) is 4. The second-order valence-electron chi connectivity index (χ2n) is 12.4. The summed E-state index contributed by atoms with van der Waals surface area (Å²) in [6.45, 7) is 0. The van der Waals surface area contributed by atoms with Crippen LogP contribution < -0.4 is 15.9 Å². The topological polar surface area (TPSA) is 60.7 Å². The minimum absolute atomic E-state index is 0.779. The zero-order valence-corrected chi connectivity index (χ0v) is 28.4. The first-order valence-electron chi connectivity index (χ1n) is 16.9. The van der Waals surface area contributed by atoms with Crippen LogP contribution in [0.5, 0.6) is 0 Å². The highest BCUT2D eigenvalue weighted by Crippen LogP contribution is 2.43. The van der Waals surface area contributed by atoms with E-state index in [0.717, 1.165) is 77.4 Å². The van der Waals surface area contributed by atoms with Crippen molar-refractivity contribution in [3.8, 4) is 39.6 Å². The molecule has 5 nitrogen and oxygen atoms in total. The van der Waals surface area contributed by atoms with Crippen LogP contribution in [0.2, 0.25) is 0 Å². The predicted octanol–water partition coefficient (Wildman–Crippen LogP) is 9.61. The molecule has 0 radical (unpaired) electrons. The van der Waals surface area contributed by atoms with E-state index in [9.17, 15) is 0 Å². The lowest BCUT2D eigenvalue weighted by Crippen LogP contribution is -2.25. The van der Waals surface area contributed by atoms with Crippen LogP contribution in [0.4, 0.5) is 0 Å². The summed E-state index contributed by atoms with van der Waals surface area (Å²) >= 11 is 0. The maximum Gasteiger partial charge on any atom is 0.171 e. The Kier molecular flexibility index (Phi) is 7.68. The van der Waals surface area contributed by atoms with Crippen LogP contribution in [0.3, 0.4) is 0 Å². The Hall–Kier alpha value is -6.42. The van der Waals surface area contributed by atoms with Gasteiger partial charge in [-0.1, -0.05) is 146 Å². The zero-order chi connectivity index (χ0) is 34.2. The second-order valence-corrected chi connectivity index (χ2v) is 15.2. The summed E-state index contributed by atoms with van der Waals surface area (Å²) in [4.78, 5) is 15.2. The molecule has 0 aliphatic rings. The van der Waals surface area contributed by atoms with Crippen LogP contribution in [0.15, 0.2) is 188 Å². The van der Waals surface area contributed by atoms with Gasteiger partial charge in [0.15, 0.2) is 7.14 Å². The van der Waals surface area contributed by atoms with Gasteiger partial charge in [-0.05, 0) is 47.5 Å². The molecule has 9 aromatic rings. The number of aromatic nitrogens is 4. The number of pyridine rings is 2. The van der Waals surface area contributed by atoms with E-state index in [1.54, 1.807) is 6.20 Å². The molecule has 0 amide bonds. The number of benzene rings is 6. The van der Waals surface area contributed by atoms with Gasteiger partial charge in [0.05, 0.1) is 11.2 Å². The number of para-hydroxylation sites is 2. The molecule has 51 heavy (non-hydrogen) atoms. The standard InChI is InChI=1S/C45H31N4OP/c50-51(36-18-6-2-7-19-36,37-20-8-3-9-21-37)38-22-14-15-34(31-38)32-26-28-33(29-27-32)45-48-42-39-23-10-11-24-40(39)47-43(41-25-12-13-30-46-41)44(42)49(45)35-16-4-1-5-17-35/h1-31H. The van der Waals surface area contributed by atoms with Crippen molar-refractivity contribution < 1.29 is 4.57 Å². The molecule has 0 aliphatic heterocycles. The molecule has 0 N–H and O–H groups in total. The van der Waals surface area contributed by atoms with Gasteiger partial charge in [-0.3, -0.25) is 9.55 Å². The van der Waals surface area contributed by atoms with Crippen molar-refractivity contribution in [1.82, 2.24) is 19.5 Å². The second kappa shape index (κ2) is 12.8. The van der Waals surface area contributed by atoms with Crippen LogP contribution in [-0.4, -0.2) is 19.5 Å². The highest BCUT2D eigenvalue weighted by molar-refractivity contribution is 7.85. The molecule has 0 saturated carbocycles. The van der Waals surface area contributed by atoms with Gasteiger partial charge >= 0.3 is 0 Å². The fourth-order valence-electron chi connectivity index (χ4n) is 6.89. The summed E-state index contributed by atoms with van der Waals surface area (Å²) in [5.41, 5.74) is 8.18. The van der Waals surface area contributed by atoms with E-state index < -0.39 is 7.14 Å². The van der Waals surface area contributed by atoms with Crippen molar-refractivity contribution in [3.63, 3.8) is 0 Å². The minimum Gasteiger partial charge on any atom is -0.309 e. The third kappa shape index (κ3) is 5.36. The molecule has 0 unspecified atom stereocenters. The van der Waals surface area contributed by atoms with Gasteiger partial charge in [-0.2, -0.15) is 0 Å². The number of fused-ring (bicyclic) bond motifs is 3. The fraction of sp³-hybridized carbons (Fsp3) is 0. The van der Waals surface area contributed by atoms with E-state index in [1.807, 2.05) is 127 Å². The Labute approximate surface area is 296 Å². The summed E-state index contributed by atoms with van der Waals surface area (Å²) in [7, 11) is -3.11. The van der Waals surface area contributed by atoms with E-state index in [1.165, 1.54) is 0 Å². The largest absolute Gasteiger partial charge is 0.309 e. The van der Waals surface area contributed by atoms with Gasteiger partial charge in [0.2, 0.25) is 0 Å². The number of hydrogen-bond donors (Lipinski definition) is 0. The average Bonchev–Trinajstić information content (AvgIpc) is 3.63. The molecule has 0 fully saturated rings. The molecule has 0 bridgehead atoms. The molecule has 0 atom stereocenters. The predicted molar refractivity (Wildman–Crippen MR) is 210 cm³/mol. The molecule has 9 rings (SSSR count). The SMILES string of the molecule is O=P(c1ccccc1)(c1ccccc1)c1cccc(-c2ccc(-c3nc4c5ccccc5nc(-c5ccccn5)c4n3-c3ccccc3)cc2)c1. The first-order valence-corrected chi connectivity index (χ1v) is 18.6. The van der Waals surface area contributed by atoms with Gasteiger partial charge in [0.25, 0.3) is 0 Å². The van der Waals surface area contributed by atoms with Crippen LogP contribution in [0, 0.1) is 0 Å². The lowest BCUT2D eigenvalue weighted by atomic mass is 10.0. The van der Waals surface area contributed by atoms with E-state index in [4.69, 9.17) is 15.0 Å². The van der Waals surface area contributed by atoms with Crippen molar-refractivity contribution >= 4 is 45.0 Å². The quantitative estimate of drug-likeness (QED) is 0.158. The summed E-state index contributed by atoms with van der Waals surface area (Å²) in [5, 5.41) is 3.41. The molecular weight excluding hydrogens is 643 g/mol. The molecule has 242 valence electrons. The smallest absolute Gasteiger partial charge is 0.171 e. The van der Waals surface area contributed by atoms with Crippen LogP contribution in [-0.2, 0) is 4.57 Å². The number of imidazole rings is 1. The minimum atomic E-state index is -3.11. The summed E-state index contributed by atoms with van der Waals surface area (Å²) < 4.78 is 17.3. The Morgan fingerprint density at radius 3 is 1.78 bits per heavy atom. The fourth-order valence-corrected chi connectivity index (χ4v) is 9.59. The molecule has 0 aliphatic carbocycles. The lowest BCUT2D eigenvalue weighted by Gasteiger charge is -2.20. The van der Waals surface area contributed by atoms with E-state index in [2.05, 4.69) is 59.2 Å². The van der Waals surface area contributed by atoms with E-state index in [0.29, 0.717) is 0 Å². The summed E-state index contributed by atoms with van der Waals surface area (Å²) in [6, 6.07) is 60.5. The monoisotopic (exact) mass is 674 g/mol. The normalized spacial score (nSPS) is 11.6. The van der Waals surface area contributed by atoms with E-state index >= 15 is 4.57 Å². The van der Waals surface area contributed by atoms with Gasteiger partial charge in [0.1, 0.15) is 22.6 Å². The first kappa shape index (κ1) is 30.6. The molecule has 0 saturated heterocycles. The molecule has 0 spiro atoms. The van der Waals surface area contributed by atoms with Gasteiger partial charge in [-0.15, -0.1) is 0 Å². The van der Waals surface area contributed by atoms with E-state index in [-0.39, 0.29) is 0 Å². The first-order chi connectivity index (χ1) is 25.2. The highest BCUT2D eigenvalue weighted by atomic mass is 31.2. The third-order valence-corrected chi connectivity index (χ3v) is 12.4. The Morgan fingerprint density at radius 1 is 0.490 bits per heavy atom. The van der Waals surface area contributed by atoms with Crippen LogP contribution in [0.1, 0.15) is 0 Å². The Balaban J connectivity index is 1.20. The van der Waals surface area contributed by atoms with Crippen LogP contribution >= 0.6 is 7.14 Å². The Bertz CT molecular complexity index is 2650. The average molecular weight is 675 g/mol. The molecule has 6 aromatic carbocycles. The van der Waals surface area contributed by atoms with Crippen molar-refractivity contribution in [1.29, 1.82) is 0 Å². The lowest BCUT2D eigenvalue weighted by molar-refractivity contribution is 0.592. The molecule has 6 heteroatoms. The van der Waals surface area contributed by atoms with Crippen molar-refractivity contribution in [2.45, 2.75) is 0 Å². The number of rotatable bonds is 7. The highest BCUT2D eigenvalue weighted by Gasteiger charge is 2.30. The van der Waals surface area contributed by atoms with Crippen molar-refractivity contribution in [3.05, 3.63) is 188 Å². The summed E-state index contributed by atoms with van der Waals surface area (Å²) in [6.07, 6.45) is 1.80. The molecule has 3 heterocycles. The molecular formula is C45H31N4OP. The molecule has 3 aromatic heterocycles. The van der Waals surface area contributed by atoms with Crippen molar-refractivity contribution in [2.75, 3.05) is 0 Å². The van der Waals surface area contributed by atoms with Crippen molar-refractivity contribution in [2.24, 2.45) is 0 Å². The number of nitrogens with zero attached hydrogens (tertiary/aromatic N) is 4. The van der Waals surface area contributed by atoms with Gasteiger partial charge in [0, 0.05) is 38.7 Å². The summed E-state index contributed by atoms with van der Waals surface area (Å²) in [5.74, 6) is 0.810. The maximum atomic E-state index is 15.1. The van der Waals surface area contributed by atoms with Gasteiger partial charge < -0.3 is 4.57 Å².